The topological polar surface area (TPSA) is 54.0 Å². The van der Waals surface area contributed by atoms with Gasteiger partial charge in [0.15, 0.2) is 0 Å². The zero-order valence-corrected chi connectivity index (χ0v) is 27.8. The van der Waals surface area contributed by atoms with E-state index in [1.165, 1.54) is 10.4 Å². The summed E-state index contributed by atoms with van der Waals surface area (Å²) in [6.07, 6.45) is 6.33. The van der Waals surface area contributed by atoms with E-state index in [0.717, 1.165) is 11.3 Å². The van der Waals surface area contributed by atoms with E-state index in [1.54, 1.807) is 19.2 Å². The molecule has 2 atom stereocenters. The number of methoxy groups -OCH3 is 1. The van der Waals surface area contributed by atoms with Crippen LogP contribution in [0.4, 0.5) is 0 Å². The van der Waals surface area contributed by atoms with Crippen LogP contribution in [0.15, 0.2) is 115 Å². The number of carbonyl (C=O) groups excluding carboxylic acids is 1. The van der Waals surface area contributed by atoms with Crippen molar-refractivity contribution in [2.75, 3.05) is 13.7 Å². The first kappa shape index (κ1) is 33.7. The molecule has 0 N–H and O–H groups in total. The van der Waals surface area contributed by atoms with Crippen molar-refractivity contribution in [1.82, 2.24) is 0 Å². The highest BCUT2D eigenvalue weighted by molar-refractivity contribution is 6.99. The fourth-order valence-corrected chi connectivity index (χ4v) is 10.3. The SMILES string of the molecule is C#CC[C@@H](C[C@@H](CCO[Si](c1ccccc1)(c1ccccc1)C(C)(C)C)OC(=O)c1ccccc1)OCc1ccc(OC)cc1. The number of esters is 1. The Morgan fingerprint density at radius 3 is 1.87 bits per heavy atom. The second kappa shape index (κ2) is 16.2. The lowest BCUT2D eigenvalue weighted by molar-refractivity contribution is -0.0162. The standard InChI is InChI=1S/C39H44O5Si/c1-6-16-34(42-30-31-23-25-33(41-5)26-24-31)29-35(44-38(40)32-17-10-7-11-18-32)27-28-43-45(39(2,3)4,36-19-12-8-13-20-36)37-21-14-9-15-22-37/h1,7-15,17-26,34-35H,16,27-30H2,2-5H3/t34-,35+/m0/s1. The summed E-state index contributed by atoms with van der Waals surface area (Å²) in [6.45, 7) is 7.54. The molecule has 234 valence electrons. The van der Waals surface area contributed by atoms with Gasteiger partial charge in [0.25, 0.3) is 8.32 Å². The molecule has 0 bridgehead atoms. The lowest BCUT2D eigenvalue weighted by Crippen LogP contribution is -2.66. The Kier molecular flexibility index (Phi) is 12.2. The van der Waals surface area contributed by atoms with Crippen molar-refractivity contribution in [3.8, 4) is 18.1 Å². The largest absolute Gasteiger partial charge is 0.497 e. The summed E-state index contributed by atoms with van der Waals surface area (Å²) in [4.78, 5) is 13.2. The highest BCUT2D eigenvalue weighted by Gasteiger charge is 2.50. The maximum atomic E-state index is 13.2. The first-order valence-corrected chi connectivity index (χ1v) is 17.4. The molecule has 0 aliphatic heterocycles. The normalized spacial score (nSPS) is 13.0. The van der Waals surface area contributed by atoms with Gasteiger partial charge in [-0.3, -0.25) is 0 Å². The van der Waals surface area contributed by atoms with Crippen LogP contribution in [0.1, 0.15) is 56.0 Å². The zero-order chi connectivity index (χ0) is 32.1. The molecule has 6 heteroatoms. The molecule has 4 aromatic rings. The van der Waals surface area contributed by atoms with Gasteiger partial charge in [-0.1, -0.05) is 112 Å². The van der Waals surface area contributed by atoms with Gasteiger partial charge in [0, 0.05) is 25.9 Å². The summed E-state index contributed by atoms with van der Waals surface area (Å²) in [5, 5.41) is 2.24. The number of hydrogen-bond acceptors (Lipinski definition) is 5. The third-order valence-corrected chi connectivity index (χ3v) is 13.0. The van der Waals surface area contributed by atoms with Crippen LogP contribution in [-0.2, 0) is 20.5 Å². The van der Waals surface area contributed by atoms with Crippen LogP contribution in [0.5, 0.6) is 5.75 Å². The first-order valence-electron chi connectivity index (χ1n) is 15.5. The Morgan fingerprint density at radius 1 is 0.800 bits per heavy atom. The second-order valence-corrected chi connectivity index (χ2v) is 16.4. The van der Waals surface area contributed by atoms with Crippen LogP contribution in [0.3, 0.4) is 0 Å². The summed E-state index contributed by atoms with van der Waals surface area (Å²) in [5.74, 6) is 3.16. The minimum Gasteiger partial charge on any atom is -0.497 e. The smallest absolute Gasteiger partial charge is 0.338 e. The molecule has 0 amide bonds. The van der Waals surface area contributed by atoms with Crippen LogP contribution in [0, 0.1) is 12.3 Å². The summed E-state index contributed by atoms with van der Waals surface area (Å²) in [7, 11) is -1.12. The van der Waals surface area contributed by atoms with Crippen LogP contribution in [0.25, 0.3) is 0 Å². The van der Waals surface area contributed by atoms with Gasteiger partial charge in [0.2, 0.25) is 0 Å². The van der Waals surface area contributed by atoms with Crippen molar-refractivity contribution in [1.29, 1.82) is 0 Å². The maximum absolute atomic E-state index is 13.2. The molecule has 4 rings (SSSR count). The third-order valence-electron chi connectivity index (χ3n) is 7.97. The van der Waals surface area contributed by atoms with Crippen LogP contribution in [-0.4, -0.2) is 40.2 Å². The average molecular weight is 621 g/mol. The van der Waals surface area contributed by atoms with Gasteiger partial charge < -0.3 is 18.6 Å². The second-order valence-electron chi connectivity index (χ2n) is 12.1. The number of benzene rings is 4. The van der Waals surface area contributed by atoms with E-state index in [-0.39, 0.29) is 17.1 Å². The minimum absolute atomic E-state index is 0.167. The van der Waals surface area contributed by atoms with E-state index in [0.29, 0.717) is 38.0 Å². The lowest BCUT2D eigenvalue weighted by atomic mass is 10.1. The van der Waals surface area contributed by atoms with Gasteiger partial charge in [-0.2, -0.15) is 0 Å². The number of ether oxygens (including phenoxy) is 3. The van der Waals surface area contributed by atoms with E-state index in [9.17, 15) is 4.79 Å². The fraction of sp³-hybridized carbons (Fsp3) is 0.308. The number of hydrogen-bond donors (Lipinski definition) is 0. The zero-order valence-electron chi connectivity index (χ0n) is 26.8. The highest BCUT2D eigenvalue weighted by Crippen LogP contribution is 2.37. The summed E-state index contributed by atoms with van der Waals surface area (Å²) >= 11 is 0. The Morgan fingerprint density at radius 2 is 1.36 bits per heavy atom. The Balaban J connectivity index is 1.57. The molecule has 0 aliphatic carbocycles. The molecule has 0 fully saturated rings. The van der Waals surface area contributed by atoms with E-state index < -0.39 is 14.4 Å². The predicted octanol–water partition coefficient (Wildman–Crippen LogP) is 7.19. The molecule has 0 radical (unpaired) electrons. The van der Waals surface area contributed by atoms with Crippen molar-refractivity contribution in [2.45, 2.75) is 63.9 Å². The molecule has 0 aliphatic rings. The van der Waals surface area contributed by atoms with Crippen LogP contribution >= 0.6 is 0 Å². The molecule has 0 saturated carbocycles. The first-order chi connectivity index (χ1) is 21.8. The molecule has 0 unspecified atom stereocenters. The third kappa shape index (κ3) is 8.95. The van der Waals surface area contributed by atoms with Crippen molar-refractivity contribution in [2.24, 2.45) is 0 Å². The summed E-state index contributed by atoms with van der Waals surface area (Å²) in [5.41, 5.74) is 1.51. The molecular formula is C39H44O5Si. The van der Waals surface area contributed by atoms with Gasteiger partial charge in [0.05, 0.1) is 25.4 Å². The van der Waals surface area contributed by atoms with Gasteiger partial charge in [-0.25, -0.2) is 4.79 Å². The number of terminal acetylenes is 1. The maximum Gasteiger partial charge on any atom is 0.338 e. The van der Waals surface area contributed by atoms with Crippen LogP contribution < -0.4 is 15.1 Å². The molecular weight excluding hydrogens is 577 g/mol. The van der Waals surface area contributed by atoms with Crippen LogP contribution in [0.2, 0.25) is 5.04 Å². The minimum atomic E-state index is -2.76. The summed E-state index contributed by atoms with van der Waals surface area (Å²) < 4.78 is 24.8. The van der Waals surface area contributed by atoms with Crippen molar-refractivity contribution < 1.29 is 23.4 Å². The lowest BCUT2D eigenvalue weighted by Gasteiger charge is -2.43. The molecule has 0 aromatic heterocycles. The van der Waals surface area contributed by atoms with E-state index in [1.807, 2.05) is 54.6 Å². The van der Waals surface area contributed by atoms with E-state index in [2.05, 4.69) is 75.2 Å². The molecule has 4 aromatic carbocycles. The van der Waals surface area contributed by atoms with Gasteiger partial charge >= 0.3 is 5.97 Å². The predicted molar refractivity (Wildman–Crippen MR) is 183 cm³/mol. The van der Waals surface area contributed by atoms with E-state index in [4.69, 9.17) is 25.1 Å². The van der Waals surface area contributed by atoms with Gasteiger partial charge in [-0.15, -0.1) is 12.3 Å². The van der Waals surface area contributed by atoms with Crippen molar-refractivity contribution in [3.63, 3.8) is 0 Å². The number of carbonyl (C=O) groups is 1. The molecule has 0 spiro atoms. The quantitative estimate of drug-likeness (QED) is 0.0800. The highest BCUT2D eigenvalue weighted by atomic mass is 28.4. The molecule has 0 heterocycles. The van der Waals surface area contributed by atoms with Gasteiger partial charge in [-0.05, 0) is 45.2 Å². The summed E-state index contributed by atoms with van der Waals surface area (Å²) in [6, 6.07) is 37.9. The fourth-order valence-electron chi connectivity index (χ4n) is 5.69. The Hall–Kier alpha value is -4.15. The molecule has 5 nitrogen and oxygen atoms in total. The van der Waals surface area contributed by atoms with E-state index >= 15 is 0 Å². The number of rotatable bonds is 15. The molecule has 0 saturated heterocycles. The Bertz CT molecular complexity index is 1450. The van der Waals surface area contributed by atoms with Gasteiger partial charge in [0.1, 0.15) is 11.9 Å². The van der Waals surface area contributed by atoms with Crippen molar-refractivity contribution >= 4 is 24.7 Å². The van der Waals surface area contributed by atoms with Crippen molar-refractivity contribution in [3.05, 3.63) is 126 Å². The Labute approximate surface area is 269 Å². The monoisotopic (exact) mass is 620 g/mol. The average Bonchev–Trinajstić information content (AvgIpc) is 3.06. The molecule has 45 heavy (non-hydrogen) atoms.